The molecular weight excluding hydrogens is 836 g/mol. The summed E-state index contributed by atoms with van der Waals surface area (Å²) in [6, 6.07) is -2.00. The second kappa shape index (κ2) is 39.4. The Morgan fingerprint density at radius 1 is 0.556 bits per heavy atom. The average molecular weight is 893 g/mol. The third kappa shape index (κ3) is 35.7. The lowest BCUT2D eigenvalue weighted by Gasteiger charge is -2.18. The van der Waals surface area contributed by atoms with Gasteiger partial charge in [-0.25, -0.2) is 38.5 Å². The van der Waals surface area contributed by atoms with Crippen LogP contribution >= 0.6 is 0 Å². The molecule has 0 heterocycles. The van der Waals surface area contributed by atoms with Gasteiger partial charge in [-0.2, -0.15) is 20.5 Å². The van der Waals surface area contributed by atoms with Crippen molar-refractivity contribution in [1.29, 1.82) is 10.5 Å². The smallest absolute Gasteiger partial charge is 0.333 e. The van der Waals surface area contributed by atoms with E-state index in [9.17, 15) is 38.4 Å². The Morgan fingerprint density at radius 2 is 1.02 bits per heavy atom. The van der Waals surface area contributed by atoms with Gasteiger partial charge in [-0.05, 0) is 72.1 Å². The molecule has 0 aromatic carbocycles. The van der Waals surface area contributed by atoms with E-state index < -0.39 is 54.0 Å². The molecule has 0 amide bonds. The van der Waals surface area contributed by atoms with Crippen molar-refractivity contribution in [3.05, 3.63) is 36.5 Å². The van der Waals surface area contributed by atoms with E-state index in [1.54, 1.807) is 13.2 Å². The molecule has 0 aromatic heterocycles. The second-order valence-electron chi connectivity index (χ2n) is 13.0. The van der Waals surface area contributed by atoms with Crippen LogP contribution in [0.5, 0.6) is 0 Å². The van der Waals surface area contributed by atoms with Gasteiger partial charge in [0, 0.05) is 24.0 Å². The van der Waals surface area contributed by atoms with Gasteiger partial charge >= 0.3 is 35.8 Å². The number of unbranched alkanes of at least 4 members (excludes halogenated alkanes) is 2. The zero-order chi connectivity index (χ0) is 47.7. The third-order valence-electron chi connectivity index (χ3n) is 7.19. The first kappa shape index (κ1) is 58.4. The summed E-state index contributed by atoms with van der Waals surface area (Å²) in [5.41, 5.74) is 1.09. The van der Waals surface area contributed by atoms with Crippen molar-refractivity contribution in [3.8, 4) is 12.5 Å². The molecule has 348 valence electrons. The van der Waals surface area contributed by atoms with Crippen LogP contribution < -0.4 is 0 Å². The highest BCUT2D eigenvalue weighted by atomic mass is 17.2. The van der Waals surface area contributed by atoms with E-state index in [4.69, 9.17) is 48.7 Å². The zero-order valence-corrected chi connectivity index (χ0v) is 35.9. The van der Waals surface area contributed by atoms with Gasteiger partial charge < -0.3 is 37.9 Å². The summed E-state index contributed by atoms with van der Waals surface area (Å²) in [6.07, 6.45) is 7.45. The fourth-order valence-electron chi connectivity index (χ4n) is 4.09. The lowest BCUT2D eigenvalue weighted by molar-refractivity contribution is -0.291. The normalized spacial score (nSPS) is 10.8. The Bertz CT molecular complexity index is 1630. The first-order valence-electron chi connectivity index (χ1n) is 19.5. The van der Waals surface area contributed by atoms with E-state index in [0.717, 1.165) is 5.57 Å². The second-order valence-corrected chi connectivity index (χ2v) is 13.0. The molecular formula is C41H56N4O18. The van der Waals surface area contributed by atoms with Gasteiger partial charge in [0.1, 0.15) is 46.2 Å². The number of hydrogen-bond acceptors (Lipinski definition) is 22. The number of ether oxygens (including phenoxy) is 8. The van der Waals surface area contributed by atoms with E-state index in [1.807, 2.05) is 0 Å². The molecule has 0 bridgehead atoms. The number of carbonyl (C=O) groups excluding carboxylic acids is 8. The summed E-state index contributed by atoms with van der Waals surface area (Å²) >= 11 is 0. The van der Waals surface area contributed by atoms with Gasteiger partial charge in [0.25, 0.3) is 12.5 Å². The topological polar surface area (TPSA) is 301 Å². The number of nitrogens with zero attached hydrogens (tertiary/aromatic N) is 4. The summed E-state index contributed by atoms with van der Waals surface area (Å²) in [5.74, 6) is -3.98. The SMILES string of the molecule is C=C(C)C(=O)OCC(COC(=O)C(=C)C)OC(=O)CCCOC(=O)C(CCCCOC#N)N=C=O.C=C(C)COOCCOC(=O)CCCOC(=O)C(CCCCOC#N)N=C=O. The molecule has 0 radical (unpaired) electrons. The van der Waals surface area contributed by atoms with Crippen molar-refractivity contribution in [2.75, 3.05) is 59.5 Å². The number of nitriles is 2. The minimum absolute atomic E-state index is 0.00538. The maximum Gasteiger partial charge on any atom is 0.333 e. The van der Waals surface area contributed by atoms with Crippen molar-refractivity contribution in [3.63, 3.8) is 0 Å². The summed E-state index contributed by atoms with van der Waals surface area (Å²) in [5, 5.41) is 16.5. The largest absolute Gasteiger partial charge is 0.464 e. The van der Waals surface area contributed by atoms with E-state index in [2.05, 4.69) is 39.2 Å². The molecule has 0 aliphatic carbocycles. The minimum atomic E-state index is -1.06. The van der Waals surface area contributed by atoms with Crippen molar-refractivity contribution in [1.82, 2.24) is 0 Å². The van der Waals surface area contributed by atoms with Gasteiger partial charge in [0.15, 0.2) is 18.2 Å². The van der Waals surface area contributed by atoms with Gasteiger partial charge in [0.2, 0.25) is 12.2 Å². The third-order valence-corrected chi connectivity index (χ3v) is 7.19. The Hall–Kier alpha value is -6.70. The first-order valence-corrected chi connectivity index (χ1v) is 19.5. The van der Waals surface area contributed by atoms with Crippen LogP contribution in [0, 0.1) is 23.0 Å². The molecule has 22 nitrogen and oxygen atoms in total. The molecule has 22 heteroatoms. The van der Waals surface area contributed by atoms with Crippen LogP contribution in [0.2, 0.25) is 0 Å². The standard InChI is InChI=1S/C23H30N2O10.C18H26N2O8/c1-16(2)21(28)33-12-18(13-34-22(29)17(3)4)35-20(27)9-7-11-32-23(30)19(25-15-26)8-5-6-10-31-14-24;1-15(2)12-28-27-11-10-25-17(22)7-5-9-26-18(23)16(20-14-21)6-3-4-8-24-13-19/h18-19H,1,3,5-13H2,2,4H3;16H,1,3-12H2,2H3. The van der Waals surface area contributed by atoms with Crippen LogP contribution in [0.15, 0.2) is 46.4 Å². The predicted molar refractivity (Wildman–Crippen MR) is 214 cm³/mol. The lowest BCUT2D eigenvalue weighted by Crippen LogP contribution is -2.31. The highest BCUT2D eigenvalue weighted by Gasteiger charge is 2.22. The average Bonchev–Trinajstić information content (AvgIpc) is 3.24. The number of aliphatic imine (C=N–C) groups is 2. The van der Waals surface area contributed by atoms with Crippen molar-refractivity contribution >= 4 is 48.0 Å². The van der Waals surface area contributed by atoms with Crippen molar-refractivity contribution < 1.29 is 86.0 Å². The van der Waals surface area contributed by atoms with E-state index in [0.29, 0.717) is 25.7 Å². The Kier molecular flexibility index (Phi) is 36.6. The number of isocyanates is 2. The monoisotopic (exact) mass is 892 g/mol. The molecule has 0 saturated heterocycles. The highest BCUT2D eigenvalue weighted by molar-refractivity contribution is 5.87. The molecule has 2 atom stereocenters. The lowest BCUT2D eigenvalue weighted by atomic mass is 10.1. The minimum Gasteiger partial charge on any atom is -0.464 e. The van der Waals surface area contributed by atoms with Crippen LogP contribution in [0.3, 0.4) is 0 Å². The number of rotatable bonds is 35. The molecule has 0 rings (SSSR count). The summed E-state index contributed by atoms with van der Waals surface area (Å²) in [7, 11) is 0. The van der Waals surface area contributed by atoms with Crippen LogP contribution in [-0.2, 0) is 86.0 Å². The van der Waals surface area contributed by atoms with Gasteiger partial charge in [-0.1, -0.05) is 25.3 Å². The Labute approximate surface area is 365 Å². The number of hydrogen-bond donors (Lipinski definition) is 0. The molecule has 0 aliphatic heterocycles. The van der Waals surface area contributed by atoms with Gasteiger partial charge in [0.05, 0.1) is 13.2 Å². The molecule has 2 unspecified atom stereocenters. The zero-order valence-electron chi connectivity index (χ0n) is 35.9. The molecule has 0 N–H and O–H groups in total. The van der Waals surface area contributed by atoms with E-state index in [1.165, 1.54) is 32.3 Å². The van der Waals surface area contributed by atoms with Crippen LogP contribution in [-0.4, -0.2) is 126 Å². The summed E-state index contributed by atoms with van der Waals surface area (Å²) < 4.78 is 39.1. The van der Waals surface area contributed by atoms with Crippen molar-refractivity contribution in [2.45, 2.75) is 103 Å². The highest BCUT2D eigenvalue weighted by Crippen LogP contribution is 2.10. The fraction of sp³-hybridized carbons (Fsp3) is 0.610. The quantitative estimate of drug-likeness (QED) is 0.00838. The van der Waals surface area contributed by atoms with Gasteiger partial charge in [-0.3, -0.25) is 9.59 Å². The van der Waals surface area contributed by atoms with Gasteiger partial charge in [-0.15, -0.1) is 0 Å². The molecule has 0 spiro atoms. The van der Waals surface area contributed by atoms with E-state index >= 15 is 0 Å². The first-order chi connectivity index (χ1) is 30.1. The molecule has 0 saturated carbocycles. The van der Waals surface area contributed by atoms with E-state index in [-0.39, 0.29) is 109 Å². The number of carbonyl (C=O) groups is 6. The van der Waals surface area contributed by atoms with Crippen LogP contribution in [0.1, 0.15) is 85.0 Å². The Morgan fingerprint density at radius 3 is 1.43 bits per heavy atom. The summed E-state index contributed by atoms with van der Waals surface area (Å²) in [6.45, 7) is 15.1. The van der Waals surface area contributed by atoms with Crippen LogP contribution in [0.4, 0.5) is 0 Å². The Balaban J connectivity index is 0. The van der Waals surface area contributed by atoms with Crippen molar-refractivity contribution in [2.24, 2.45) is 9.98 Å². The summed E-state index contributed by atoms with van der Waals surface area (Å²) in [4.78, 5) is 108. The molecule has 0 fully saturated rings. The van der Waals surface area contributed by atoms with Crippen LogP contribution in [0.25, 0.3) is 0 Å². The number of esters is 6. The molecule has 0 aromatic rings. The maximum atomic E-state index is 12.1. The fourth-order valence-corrected chi connectivity index (χ4v) is 4.09. The maximum absolute atomic E-state index is 12.1. The predicted octanol–water partition coefficient (Wildman–Crippen LogP) is 3.58. The molecule has 0 aliphatic rings. The molecule has 63 heavy (non-hydrogen) atoms.